The van der Waals surface area contributed by atoms with Gasteiger partial charge < -0.3 is 0 Å². The second-order valence-corrected chi connectivity index (χ2v) is 4.67. The van der Waals surface area contributed by atoms with E-state index in [1.165, 1.54) is 0 Å². The minimum absolute atomic E-state index is 0.961. The van der Waals surface area contributed by atoms with Crippen LogP contribution >= 0.6 is 0 Å². The maximum atomic E-state index is 4.77. The fourth-order valence-corrected chi connectivity index (χ4v) is 2.41. The molecule has 2 aromatic carbocycles. The molecule has 3 rings (SSSR count). The molecule has 2 heteroatoms. The SMILES string of the molecule is C=C/C=C(\C)n1c(-c2ccccc2)nc2ccccc21. The van der Waals surface area contributed by atoms with E-state index >= 15 is 0 Å². The second-order valence-electron chi connectivity index (χ2n) is 4.67. The van der Waals surface area contributed by atoms with Crippen LogP contribution in [0, 0.1) is 0 Å². The number of rotatable bonds is 3. The molecule has 0 aliphatic carbocycles. The first-order valence-corrected chi connectivity index (χ1v) is 6.64. The molecular formula is C18H16N2. The third-order valence-corrected chi connectivity index (χ3v) is 3.30. The van der Waals surface area contributed by atoms with Gasteiger partial charge in [-0.2, -0.15) is 0 Å². The van der Waals surface area contributed by atoms with Crippen LogP contribution in [-0.4, -0.2) is 9.55 Å². The van der Waals surface area contributed by atoms with Crippen molar-refractivity contribution < 1.29 is 0 Å². The van der Waals surface area contributed by atoms with E-state index in [4.69, 9.17) is 4.98 Å². The molecule has 0 N–H and O–H groups in total. The highest BCUT2D eigenvalue weighted by atomic mass is 15.1. The molecule has 2 nitrogen and oxygen atoms in total. The van der Waals surface area contributed by atoms with E-state index in [0.29, 0.717) is 0 Å². The van der Waals surface area contributed by atoms with E-state index in [-0.39, 0.29) is 0 Å². The Hall–Kier alpha value is -2.61. The molecule has 3 aromatic rings. The predicted molar refractivity (Wildman–Crippen MR) is 85.3 cm³/mol. The molecule has 0 spiro atoms. The molecule has 0 atom stereocenters. The zero-order valence-corrected chi connectivity index (χ0v) is 11.5. The van der Waals surface area contributed by atoms with E-state index < -0.39 is 0 Å². The largest absolute Gasteiger partial charge is 0.296 e. The van der Waals surface area contributed by atoms with Gasteiger partial charge in [0.15, 0.2) is 0 Å². The minimum atomic E-state index is 0.961. The highest BCUT2D eigenvalue weighted by molar-refractivity contribution is 5.85. The van der Waals surface area contributed by atoms with Crippen LogP contribution in [0.15, 0.2) is 73.3 Å². The average Bonchev–Trinajstić information content (AvgIpc) is 2.88. The van der Waals surface area contributed by atoms with Crippen molar-refractivity contribution in [1.29, 1.82) is 0 Å². The van der Waals surface area contributed by atoms with Crippen molar-refractivity contribution in [2.24, 2.45) is 0 Å². The standard InChI is InChI=1S/C18H16N2/c1-3-9-14(2)20-17-13-8-7-12-16(17)19-18(20)15-10-5-4-6-11-15/h3-13H,1H2,2H3/b14-9+. The van der Waals surface area contributed by atoms with Gasteiger partial charge in [-0.3, -0.25) is 4.57 Å². The first-order valence-electron chi connectivity index (χ1n) is 6.64. The molecule has 0 aliphatic rings. The van der Waals surface area contributed by atoms with Crippen LogP contribution in [0.5, 0.6) is 0 Å². The highest BCUT2D eigenvalue weighted by Gasteiger charge is 2.12. The summed E-state index contributed by atoms with van der Waals surface area (Å²) in [6.45, 7) is 5.85. The summed E-state index contributed by atoms with van der Waals surface area (Å²) in [4.78, 5) is 4.77. The summed E-state index contributed by atoms with van der Waals surface area (Å²) in [5, 5.41) is 0. The van der Waals surface area contributed by atoms with Crippen molar-refractivity contribution in [3.63, 3.8) is 0 Å². The molecule has 0 bridgehead atoms. The van der Waals surface area contributed by atoms with Crippen molar-refractivity contribution in [2.45, 2.75) is 6.92 Å². The maximum absolute atomic E-state index is 4.77. The third kappa shape index (κ3) is 2.05. The molecule has 0 aliphatic heterocycles. The van der Waals surface area contributed by atoms with E-state index in [1.54, 1.807) is 6.08 Å². The minimum Gasteiger partial charge on any atom is -0.296 e. The molecule has 0 saturated carbocycles. The molecule has 20 heavy (non-hydrogen) atoms. The van der Waals surface area contributed by atoms with E-state index in [1.807, 2.05) is 42.5 Å². The van der Waals surface area contributed by atoms with Gasteiger partial charge in [-0.1, -0.05) is 55.1 Å². The van der Waals surface area contributed by atoms with E-state index in [0.717, 1.165) is 28.1 Å². The van der Waals surface area contributed by atoms with Crippen LogP contribution in [0.4, 0.5) is 0 Å². The Labute approximate surface area is 118 Å². The van der Waals surface area contributed by atoms with Crippen molar-refractivity contribution in [2.75, 3.05) is 0 Å². The highest BCUT2D eigenvalue weighted by Crippen LogP contribution is 2.27. The summed E-state index contributed by atoms with van der Waals surface area (Å²) in [6, 6.07) is 18.4. The Balaban J connectivity index is 2.34. The van der Waals surface area contributed by atoms with Gasteiger partial charge in [-0.15, -0.1) is 0 Å². The zero-order valence-electron chi connectivity index (χ0n) is 11.5. The number of fused-ring (bicyclic) bond motifs is 1. The lowest BCUT2D eigenvalue weighted by Gasteiger charge is -2.09. The predicted octanol–water partition coefficient (Wildman–Crippen LogP) is 4.75. The van der Waals surface area contributed by atoms with Crippen LogP contribution in [0.25, 0.3) is 28.1 Å². The number of hydrogen-bond acceptors (Lipinski definition) is 1. The van der Waals surface area contributed by atoms with Gasteiger partial charge in [0.25, 0.3) is 0 Å². The molecule has 0 fully saturated rings. The number of para-hydroxylation sites is 2. The fraction of sp³-hybridized carbons (Fsp3) is 0.0556. The second kappa shape index (κ2) is 5.17. The van der Waals surface area contributed by atoms with Crippen LogP contribution < -0.4 is 0 Å². The van der Waals surface area contributed by atoms with Crippen LogP contribution in [0.2, 0.25) is 0 Å². The normalized spacial score (nSPS) is 11.8. The van der Waals surface area contributed by atoms with Gasteiger partial charge in [0.1, 0.15) is 5.82 Å². The Bertz CT molecular complexity index is 780. The van der Waals surface area contributed by atoms with Crippen molar-refractivity contribution in [3.05, 3.63) is 73.3 Å². The molecular weight excluding hydrogens is 244 g/mol. The Morgan fingerprint density at radius 3 is 2.50 bits per heavy atom. The molecule has 0 unspecified atom stereocenters. The number of imidazole rings is 1. The quantitative estimate of drug-likeness (QED) is 0.621. The van der Waals surface area contributed by atoms with Gasteiger partial charge in [-0.05, 0) is 25.1 Å². The lowest BCUT2D eigenvalue weighted by atomic mass is 10.2. The summed E-state index contributed by atoms with van der Waals surface area (Å²) >= 11 is 0. The monoisotopic (exact) mass is 260 g/mol. The van der Waals surface area contributed by atoms with Crippen LogP contribution in [0.1, 0.15) is 6.92 Å². The molecule has 1 aromatic heterocycles. The lowest BCUT2D eigenvalue weighted by molar-refractivity contribution is 1.12. The number of allylic oxidation sites excluding steroid dienone is 3. The van der Waals surface area contributed by atoms with Crippen LogP contribution in [-0.2, 0) is 0 Å². The van der Waals surface area contributed by atoms with Gasteiger partial charge >= 0.3 is 0 Å². The lowest BCUT2D eigenvalue weighted by Crippen LogP contribution is -1.96. The van der Waals surface area contributed by atoms with Crippen molar-refractivity contribution >= 4 is 16.7 Å². The summed E-state index contributed by atoms with van der Waals surface area (Å²) in [5.41, 5.74) is 4.33. The fourth-order valence-electron chi connectivity index (χ4n) is 2.41. The summed E-state index contributed by atoms with van der Waals surface area (Å²) in [7, 11) is 0. The molecule has 0 amide bonds. The topological polar surface area (TPSA) is 17.8 Å². The molecule has 1 heterocycles. The van der Waals surface area contributed by atoms with Gasteiger partial charge in [0.05, 0.1) is 11.0 Å². The zero-order chi connectivity index (χ0) is 13.9. The van der Waals surface area contributed by atoms with Crippen molar-refractivity contribution in [3.8, 4) is 11.4 Å². The van der Waals surface area contributed by atoms with Gasteiger partial charge in [0.2, 0.25) is 0 Å². The summed E-state index contributed by atoms with van der Waals surface area (Å²) < 4.78 is 2.17. The van der Waals surface area contributed by atoms with E-state index in [9.17, 15) is 0 Å². The number of benzene rings is 2. The maximum Gasteiger partial charge on any atom is 0.145 e. The molecule has 0 saturated heterocycles. The average molecular weight is 260 g/mol. The number of hydrogen-bond donors (Lipinski definition) is 0. The van der Waals surface area contributed by atoms with Crippen LogP contribution in [0.3, 0.4) is 0 Å². The number of nitrogens with zero attached hydrogens (tertiary/aromatic N) is 2. The summed E-state index contributed by atoms with van der Waals surface area (Å²) in [5.74, 6) is 0.961. The first kappa shape index (κ1) is 12.4. The third-order valence-electron chi connectivity index (χ3n) is 3.30. The van der Waals surface area contributed by atoms with Gasteiger partial charge in [0, 0.05) is 11.3 Å². The Kier molecular flexibility index (Phi) is 3.21. The number of aromatic nitrogens is 2. The summed E-state index contributed by atoms with van der Waals surface area (Å²) in [6.07, 6.45) is 3.80. The van der Waals surface area contributed by atoms with E-state index in [2.05, 4.69) is 36.3 Å². The molecule has 98 valence electrons. The Morgan fingerprint density at radius 2 is 1.75 bits per heavy atom. The van der Waals surface area contributed by atoms with Crippen molar-refractivity contribution in [1.82, 2.24) is 9.55 Å². The smallest absolute Gasteiger partial charge is 0.145 e. The molecule has 0 radical (unpaired) electrons. The first-order chi connectivity index (χ1) is 9.81. The Morgan fingerprint density at radius 1 is 1.05 bits per heavy atom. The van der Waals surface area contributed by atoms with Gasteiger partial charge in [-0.25, -0.2) is 4.98 Å².